The third-order valence-electron chi connectivity index (χ3n) is 4.64. The molecule has 0 radical (unpaired) electrons. The second-order valence-electron chi connectivity index (χ2n) is 6.04. The largest absolute Gasteiger partial charge is 0.496 e. The van der Waals surface area contributed by atoms with Crippen LogP contribution in [0.1, 0.15) is 29.6 Å². The maximum atomic E-state index is 12.9. The predicted molar refractivity (Wildman–Crippen MR) is 101 cm³/mol. The zero-order chi connectivity index (χ0) is 17.5. The number of piperidine rings is 1. The Labute approximate surface area is 156 Å². The molecule has 1 amide bonds. The number of carbonyl (C=O) groups is 1. The van der Waals surface area contributed by atoms with Gasteiger partial charge in [-0.15, -0.1) is 12.4 Å². The Hall–Kier alpha value is -1.66. The van der Waals surface area contributed by atoms with Gasteiger partial charge in [0.25, 0.3) is 5.91 Å². The molecule has 1 aliphatic rings. The van der Waals surface area contributed by atoms with Crippen molar-refractivity contribution in [3.05, 3.63) is 17.7 Å². The van der Waals surface area contributed by atoms with E-state index in [1.54, 1.807) is 33.5 Å². The minimum atomic E-state index is -0.0140. The Kier molecular flexibility index (Phi) is 8.86. The van der Waals surface area contributed by atoms with Crippen molar-refractivity contribution in [2.75, 3.05) is 48.0 Å². The summed E-state index contributed by atoms with van der Waals surface area (Å²) in [6.07, 6.45) is 3.25. The summed E-state index contributed by atoms with van der Waals surface area (Å²) in [5.41, 5.74) is 0.517. The average Bonchev–Trinajstić information content (AvgIpc) is 2.64. The Morgan fingerprint density at radius 1 is 1.08 bits per heavy atom. The van der Waals surface area contributed by atoms with Crippen LogP contribution in [-0.2, 0) is 0 Å². The van der Waals surface area contributed by atoms with E-state index in [0.29, 0.717) is 28.7 Å². The number of ether oxygens (including phenoxy) is 3. The van der Waals surface area contributed by atoms with E-state index in [2.05, 4.69) is 5.32 Å². The lowest BCUT2D eigenvalue weighted by Crippen LogP contribution is -2.39. The molecule has 0 aliphatic carbocycles. The van der Waals surface area contributed by atoms with Crippen LogP contribution in [0.4, 0.5) is 0 Å². The number of hydrogen-bond acceptors (Lipinski definition) is 5. The van der Waals surface area contributed by atoms with Gasteiger partial charge in [0.15, 0.2) is 11.5 Å². The maximum Gasteiger partial charge on any atom is 0.257 e. The first-order valence-electron chi connectivity index (χ1n) is 8.38. The van der Waals surface area contributed by atoms with Crippen molar-refractivity contribution >= 4 is 18.3 Å². The van der Waals surface area contributed by atoms with Crippen molar-refractivity contribution in [1.29, 1.82) is 0 Å². The van der Waals surface area contributed by atoms with Gasteiger partial charge < -0.3 is 24.4 Å². The summed E-state index contributed by atoms with van der Waals surface area (Å²) in [5, 5.41) is 3.19. The Bertz CT molecular complexity index is 560. The standard InChI is InChI=1S/C18H28N2O4.ClH/c1-19-8-5-13-6-9-20(10-7-13)18(21)14-11-16(23-3)17(24-4)12-15(14)22-2;/h11-13,19H,5-10H2,1-4H3;1H. The van der Waals surface area contributed by atoms with Gasteiger partial charge in [0, 0.05) is 25.2 Å². The molecule has 142 valence electrons. The summed E-state index contributed by atoms with van der Waals surface area (Å²) < 4.78 is 16.0. The highest BCUT2D eigenvalue weighted by Gasteiger charge is 2.26. The Morgan fingerprint density at radius 2 is 1.64 bits per heavy atom. The van der Waals surface area contributed by atoms with E-state index in [1.165, 1.54) is 0 Å². The molecular weight excluding hydrogens is 344 g/mol. The van der Waals surface area contributed by atoms with Crippen molar-refractivity contribution in [2.45, 2.75) is 19.3 Å². The first-order chi connectivity index (χ1) is 11.6. The number of nitrogens with one attached hydrogen (secondary N) is 1. The van der Waals surface area contributed by atoms with E-state index in [1.807, 2.05) is 11.9 Å². The zero-order valence-corrected chi connectivity index (χ0v) is 16.3. The van der Waals surface area contributed by atoms with Crippen LogP contribution < -0.4 is 19.5 Å². The lowest BCUT2D eigenvalue weighted by Gasteiger charge is -2.32. The van der Waals surface area contributed by atoms with Crippen LogP contribution in [0.15, 0.2) is 12.1 Å². The second-order valence-corrected chi connectivity index (χ2v) is 6.04. The third-order valence-corrected chi connectivity index (χ3v) is 4.64. The number of carbonyl (C=O) groups excluding carboxylic acids is 1. The van der Waals surface area contributed by atoms with Gasteiger partial charge in [0.2, 0.25) is 0 Å². The molecular formula is C18H29ClN2O4. The van der Waals surface area contributed by atoms with Gasteiger partial charge >= 0.3 is 0 Å². The molecule has 0 atom stereocenters. The highest BCUT2D eigenvalue weighted by Crippen LogP contribution is 2.35. The molecule has 2 rings (SSSR count). The van der Waals surface area contributed by atoms with Crippen LogP contribution >= 0.6 is 12.4 Å². The molecule has 1 aliphatic heterocycles. The van der Waals surface area contributed by atoms with E-state index in [9.17, 15) is 4.79 Å². The summed E-state index contributed by atoms with van der Waals surface area (Å²) >= 11 is 0. The fourth-order valence-corrected chi connectivity index (χ4v) is 3.14. The minimum absolute atomic E-state index is 0. The van der Waals surface area contributed by atoms with Crippen molar-refractivity contribution in [2.24, 2.45) is 5.92 Å². The summed E-state index contributed by atoms with van der Waals surface area (Å²) in [5.74, 6) is 2.27. The monoisotopic (exact) mass is 372 g/mol. The van der Waals surface area contributed by atoms with E-state index < -0.39 is 0 Å². The SMILES string of the molecule is CNCCC1CCN(C(=O)c2cc(OC)c(OC)cc2OC)CC1.Cl. The minimum Gasteiger partial charge on any atom is -0.496 e. The molecule has 1 fully saturated rings. The lowest BCUT2D eigenvalue weighted by atomic mass is 9.93. The van der Waals surface area contributed by atoms with E-state index in [0.717, 1.165) is 38.9 Å². The highest BCUT2D eigenvalue weighted by molar-refractivity contribution is 5.98. The zero-order valence-electron chi connectivity index (χ0n) is 15.5. The van der Waals surface area contributed by atoms with Gasteiger partial charge in [-0.05, 0) is 38.8 Å². The van der Waals surface area contributed by atoms with Crippen LogP contribution in [0.5, 0.6) is 17.2 Å². The van der Waals surface area contributed by atoms with E-state index >= 15 is 0 Å². The second kappa shape index (κ2) is 10.4. The molecule has 0 unspecified atom stereocenters. The van der Waals surface area contributed by atoms with Crippen LogP contribution in [0.3, 0.4) is 0 Å². The smallest absolute Gasteiger partial charge is 0.257 e. The van der Waals surface area contributed by atoms with Crippen LogP contribution in [0.25, 0.3) is 0 Å². The summed E-state index contributed by atoms with van der Waals surface area (Å²) in [6, 6.07) is 3.40. The number of benzene rings is 1. The fraction of sp³-hybridized carbons (Fsp3) is 0.611. The molecule has 0 spiro atoms. The predicted octanol–water partition coefficient (Wildman–Crippen LogP) is 2.60. The third kappa shape index (κ3) is 5.16. The molecule has 0 bridgehead atoms. The van der Waals surface area contributed by atoms with Gasteiger partial charge in [-0.3, -0.25) is 4.79 Å². The fourth-order valence-electron chi connectivity index (χ4n) is 3.14. The molecule has 1 heterocycles. The topological polar surface area (TPSA) is 60.0 Å². The molecule has 7 heteroatoms. The van der Waals surface area contributed by atoms with Gasteiger partial charge in [0.1, 0.15) is 5.75 Å². The van der Waals surface area contributed by atoms with Gasteiger partial charge in [0.05, 0.1) is 26.9 Å². The molecule has 6 nitrogen and oxygen atoms in total. The maximum absolute atomic E-state index is 12.9. The molecule has 1 aromatic carbocycles. The Balaban J connectivity index is 0.00000312. The van der Waals surface area contributed by atoms with Crippen molar-refractivity contribution in [1.82, 2.24) is 10.2 Å². The highest BCUT2D eigenvalue weighted by atomic mass is 35.5. The summed E-state index contributed by atoms with van der Waals surface area (Å²) in [7, 11) is 6.66. The summed E-state index contributed by atoms with van der Waals surface area (Å²) in [4.78, 5) is 14.8. The van der Waals surface area contributed by atoms with Crippen LogP contribution in [-0.4, -0.2) is 58.8 Å². The quantitative estimate of drug-likeness (QED) is 0.797. The van der Waals surface area contributed by atoms with Crippen molar-refractivity contribution in [3.8, 4) is 17.2 Å². The number of likely N-dealkylation sites (tertiary alicyclic amines) is 1. The summed E-state index contributed by atoms with van der Waals surface area (Å²) in [6.45, 7) is 2.59. The number of rotatable bonds is 7. The van der Waals surface area contributed by atoms with E-state index in [4.69, 9.17) is 14.2 Å². The Morgan fingerprint density at radius 3 is 2.16 bits per heavy atom. The number of nitrogens with zero attached hydrogens (tertiary/aromatic N) is 1. The molecule has 1 N–H and O–H groups in total. The number of amides is 1. The average molecular weight is 373 g/mol. The first kappa shape index (κ1) is 21.4. The molecule has 0 aromatic heterocycles. The first-order valence-corrected chi connectivity index (χ1v) is 8.38. The molecule has 0 saturated carbocycles. The van der Waals surface area contributed by atoms with Gasteiger partial charge in [-0.1, -0.05) is 0 Å². The molecule has 1 saturated heterocycles. The molecule has 1 aromatic rings. The van der Waals surface area contributed by atoms with Crippen molar-refractivity contribution in [3.63, 3.8) is 0 Å². The number of halogens is 1. The van der Waals surface area contributed by atoms with Gasteiger partial charge in [-0.2, -0.15) is 0 Å². The number of methoxy groups -OCH3 is 3. The normalized spacial score (nSPS) is 14.6. The van der Waals surface area contributed by atoms with E-state index in [-0.39, 0.29) is 18.3 Å². The van der Waals surface area contributed by atoms with Crippen LogP contribution in [0.2, 0.25) is 0 Å². The van der Waals surface area contributed by atoms with Crippen LogP contribution in [0, 0.1) is 5.92 Å². The van der Waals surface area contributed by atoms with Gasteiger partial charge in [-0.25, -0.2) is 0 Å². The number of hydrogen-bond donors (Lipinski definition) is 1. The lowest BCUT2D eigenvalue weighted by molar-refractivity contribution is 0.0683. The van der Waals surface area contributed by atoms with Crippen molar-refractivity contribution < 1.29 is 19.0 Å². The molecule has 25 heavy (non-hydrogen) atoms.